The minimum Gasteiger partial charge on any atom is -0.0683 e. The fourth-order valence-corrected chi connectivity index (χ4v) is 5.84. The molecule has 0 heteroatoms. The van der Waals surface area contributed by atoms with Crippen LogP contribution in [-0.2, 0) is 0 Å². The zero-order chi connectivity index (χ0) is 22.5. The molecule has 30 heavy (non-hydrogen) atoms. The lowest BCUT2D eigenvalue weighted by Gasteiger charge is -2.31. The van der Waals surface area contributed by atoms with Crippen LogP contribution in [0.5, 0.6) is 0 Å². The largest absolute Gasteiger partial charge is 0.0683 e. The Hall–Kier alpha value is 0. The Morgan fingerprint density at radius 2 is 0.533 bits per heavy atom. The summed E-state index contributed by atoms with van der Waals surface area (Å²) >= 11 is 0. The van der Waals surface area contributed by atoms with E-state index in [0.717, 1.165) is 23.7 Å². The molecule has 0 radical (unpaired) electrons. The first-order valence-corrected chi connectivity index (χ1v) is 14.8. The minimum atomic E-state index is 1.01. The van der Waals surface area contributed by atoms with Crippen LogP contribution in [-0.4, -0.2) is 0 Å². The lowest BCUT2D eigenvalue weighted by molar-refractivity contribution is 0.210. The molecule has 0 bridgehead atoms. The van der Waals surface area contributed by atoms with Crippen molar-refractivity contribution in [2.75, 3.05) is 0 Å². The maximum Gasteiger partial charge on any atom is -0.0386 e. The van der Waals surface area contributed by atoms with E-state index in [1.807, 2.05) is 27.7 Å². The average Bonchev–Trinajstić information content (AvgIpc) is 2.71. The van der Waals surface area contributed by atoms with E-state index in [1.54, 1.807) is 25.7 Å². The topological polar surface area (TPSA) is 0 Å². The summed E-state index contributed by atoms with van der Waals surface area (Å²) in [6.45, 7) is 12.8. The second-order valence-electron chi connectivity index (χ2n) is 10.3. The maximum atomic E-state index is 2.45. The Labute approximate surface area is 193 Å². The van der Waals surface area contributed by atoms with Crippen LogP contribution in [0.25, 0.3) is 0 Å². The standard InChI is InChI=1S/C17H32.C9H18.2C2H6/c1-15-9-7-13-17(14-8-10-15)16-11-5-3-2-4-6-12-16;1-9-7-5-3-2-4-6-8-9;2*1-2/h15-17H,2-14H2,1H3;9H,2-8H2,1H3;2*1-2H3. The molecule has 3 aliphatic carbocycles. The molecule has 0 atom stereocenters. The fourth-order valence-electron chi connectivity index (χ4n) is 5.84. The smallest absolute Gasteiger partial charge is 0.0386 e. The van der Waals surface area contributed by atoms with E-state index >= 15 is 0 Å². The third-order valence-electron chi connectivity index (χ3n) is 7.75. The molecule has 3 saturated carbocycles. The molecule has 0 amide bonds. The van der Waals surface area contributed by atoms with Gasteiger partial charge in [-0.15, -0.1) is 0 Å². The average molecular weight is 423 g/mol. The fraction of sp³-hybridized carbons (Fsp3) is 1.00. The summed E-state index contributed by atoms with van der Waals surface area (Å²) in [5, 5.41) is 0. The van der Waals surface area contributed by atoms with Crippen LogP contribution in [0, 0.1) is 23.7 Å². The zero-order valence-corrected chi connectivity index (χ0v) is 22.5. The summed E-state index contributed by atoms with van der Waals surface area (Å²) in [6, 6.07) is 0. The van der Waals surface area contributed by atoms with Gasteiger partial charge in [-0.05, 0) is 23.7 Å². The summed E-state index contributed by atoms with van der Waals surface area (Å²) in [5.74, 6) is 4.22. The van der Waals surface area contributed by atoms with Crippen LogP contribution in [0.2, 0.25) is 0 Å². The molecule has 0 unspecified atom stereocenters. The number of hydrogen-bond donors (Lipinski definition) is 0. The molecule has 182 valence electrons. The first-order chi connectivity index (χ1) is 14.8. The highest BCUT2D eigenvalue weighted by Gasteiger charge is 2.23. The van der Waals surface area contributed by atoms with Crippen molar-refractivity contribution >= 4 is 0 Å². The molecule has 0 aromatic carbocycles. The van der Waals surface area contributed by atoms with Gasteiger partial charge >= 0.3 is 0 Å². The van der Waals surface area contributed by atoms with E-state index in [0.29, 0.717) is 0 Å². The molecule has 3 aliphatic rings. The molecular weight excluding hydrogens is 360 g/mol. The van der Waals surface area contributed by atoms with Gasteiger partial charge in [0.1, 0.15) is 0 Å². The van der Waals surface area contributed by atoms with Crippen molar-refractivity contribution in [2.45, 2.75) is 170 Å². The lowest BCUT2D eigenvalue weighted by atomic mass is 9.75. The summed E-state index contributed by atoms with van der Waals surface area (Å²) in [7, 11) is 0. The van der Waals surface area contributed by atoms with E-state index in [1.165, 1.54) is 103 Å². The van der Waals surface area contributed by atoms with Gasteiger partial charge in [0.25, 0.3) is 0 Å². The van der Waals surface area contributed by atoms with Crippen LogP contribution in [0.3, 0.4) is 0 Å². The predicted octanol–water partition coefficient (Wildman–Crippen LogP) is 11.4. The Kier molecular flexibility index (Phi) is 22.2. The van der Waals surface area contributed by atoms with Gasteiger partial charge in [0.15, 0.2) is 0 Å². The normalized spacial score (nSPS) is 27.4. The highest BCUT2D eigenvalue weighted by molar-refractivity contribution is 4.75. The second-order valence-corrected chi connectivity index (χ2v) is 10.3. The maximum absolute atomic E-state index is 2.45. The van der Waals surface area contributed by atoms with E-state index in [9.17, 15) is 0 Å². The number of rotatable bonds is 1. The van der Waals surface area contributed by atoms with Crippen molar-refractivity contribution < 1.29 is 0 Å². The monoisotopic (exact) mass is 422 g/mol. The van der Waals surface area contributed by atoms with Gasteiger partial charge in [0.2, 0.25) is 0 Å². The van der Waals surface area contributed by atoms with Crippen LogP contribution in [0.4, 0.5) is 0 Å². The minimum absolute atomic E-state index is 1.01. The van der Waals surface area contributed by atoms with Gasteiger partial charge in [-0.1, -0.05) is 170 Å². The molecule has 0 aromatic rings. The van der Waals surface area contributed by atoms with Gasteiger partial charge in [0.05, 0.1) is 0 Å². The molecule has 0 nitrogen and oxygen atoms in total. The quantitative estimate of drug-likeness (QED) is 0.394. The summed E-state index contributed by atoms with van der Waals surface area (Å²) in [6.07, 6.45) is 30.3. The highest BCUT2D eigenvalue weighted by atomic mass is 14.3. The van der Waals surface area contributed by atoms with Crippen molar-refractivity contribution in [3.8, 4) is 0 Å². The predicted molar refractivity (Wildman–Crippen MR) is 140 cm³/mol. The molecule has 0 heterocycles. The van der Waals surface area contributed by atoms with Gasteiger partial charge in [-0.25, -0.2) is 0 Å². The Morgan fingerprint density at radius 3 is 0.900 bits per heavy atom. The van der Waals surface area contributed by atoms with E-state index < -0.39 is 0 Å². The molecule has 0 N–H and O–H groups in total. The van der Waals surface area contributed by atoms with Gasteiger partial charge in [-0.2, -0.15) is 0 Å². The van der Waals surface area contributed by atoms with Crippen molar-refractivity contribution in [1.29, 1.82) is 0 Å². The van der Waals surface area contributed by atoms with Crippen molar-refractivity contribution in [3.63, 3.8) is 0 Å². The van der Waals surface area contributed by atoms with Gasteiger partial charge in [-0.3, -0.25) is 0 Å². The van der Waals surface area contributed by atoms with Gasteiger partial charge < -0.3 is 0 Å². The molecular formula is C30H62. The molecule has 0 aliphatic heterocycles. The van der Waals surface area contributed by atoms with E-state index in [4.69, 9.17) is 0 Å². The third kappa shape index (κ3) is 15.8. The van der Waals surface area contributed by atoms with Crippen molar-refractivity contribution in [2.24, 2.45) is 23.7 Å². The van der Waals surface area contributed by atoms with Crippen LogP contribution < -0.4 is 0 Å². The molecule has 0 spiro atoms. The number of hydrogen-bond acceptors (Lipinski definition) is 0. The lowest BCUT2D eigenvalue weighted by Crippen LogP contribution is -2.18. The molecule has 3 rings (SSSR count). The summed E-state index contributed by atoms with van der Waals surface area (Å²) < 4.78 is 0. The Bertz CT molecular complexity index is 294. The van der Waals surface area contributed by atoms with Gasteiger partial charge in [0, 0.05) is 0 Å². The van der Waals surface area contributed by atoms with Crippen molar-refractivity contribution in [1.82, 2.24) is 0 Å². The summed E-state index contributed by atoms with van der Waals surface area (Å²) in [4.78, 5) is 0. The molecule has 0 aromatic heterocycles. The van der Waals surface area contributed by atoms with Crippen LogP contribution >= 0.6 is 0 Å². The second kappa shape index (κ2) is 22.2. The van der Waals surface area contributed by atoms with Crippen LogP contribution in [0.15, 0.2) is 0 Å². The Balaban J connectivity index is 0.000000547. The van der Waals surface area contributed by atoms with E-state index in [2.05, 4.69) is 13.8 Å². The van der Waals surface area contributed by atoms with Crippen LogP contribution in [0.1, 0.15) is 170 Å². The Morgan fingerprint density at radius 1 is 0.300 bits per heavy atom. The summed E-state index contributed by atoms with van der Waals surface area (Å²) in [5.41, 5.74) is 0. The van der Waals surface area contributed by atoms with E-state index in [-0.39, 0.29) is 0 Å². The SMILES string of the molecule is CC.CC.CC1CCCC(C2CCCCCCC2)CCC1.CC1CCCCCCC1. The third-order valence-corrected chi connectivity index (χ3v) is 7.75. The molecule has 0 saturated heterocycles. The molecule has 3 fully saturated rings. The zero-order valence-electron chi connectivity index (χ0n) is 22.5. The first-order valence-electron chi connectivity index (χ1n) is 14.8. The highest BCUT2D eigenvalue weighted by Crippen LogP contribution is 2.36. The van der Waals surface area contributed by atoms with Crippen molar-refractivity contribution in [3.05, 3.63) is 0 Å². The first kappa shape index (κ1) is 30.0.